The minimum Gasteiger partial charge on any atom is -0.387 e. The molecule has 1 atom stereocenters. The van der Waals surface area contributed by atoms with E-state index in [1.54, 1.807) is 36.4 Å². The van der Waals surface area contributed by atoms with Gasteiger partial charge in [-0.3, -0.25) is 9.59 Å². The van der Waals surface area contributed by atoms with E-state index in [2.05, 4.69) is 5.32 Å². The number of nitrogens with one attached hydrogen (secondary N) is 1. The summed E-state index contributed by atoms with van der Waals surface area (Å²) < 4.78 is 0. The molecule has 1 heterocycles. The van der Waals surface area contributed by atoms with Crippen LogP contribution in [0.5, 0.6) is 0 Å². The van der Waals surface area contributed by atoms with Crippen molar-refractivity contribution >= 4 is 40.9 Å². The normalized spacial score (nSPS) is 13.5. The Kier molecular flexibility index (Phi) is 7.15. The number of anilines is 1. The first kappa shape index (κ1) is 22.4. The van der Waals surface area contributed by atoms with E-state index in [9.17, 15) is 14.7 Å². The molecular weight excluding hydrogens is 444 g/mol. The summed E-state index contributed by atoms with van der Waals surface area (Å²) in [4.78, 5) is 28.1. The Balaban J connectivity index is 1.36. The van der Waals surface area contributed by atoms with E-state index in [0.29, 0.717) is 22.7 Å². The summed E-state index contributed by atoms with van der Waals surface area (Å²) in [5.41, 5.74) is 3.31. The SMILES string of the molecule is O=C(NCC(O)c1ccc(Cl)cc1)c1ccccc1SCC(=O)N1CCc2ccccc21. The van der Waals surface area contributed by atoms with Gasteiger partial charge in [0.25, 0.3) is 5.91 Å². The molecule has 4 rings (SSSR count). The summed E-state index contributed by atoms with van der Waals surface area (Å²) in [6.07, 6.45) is 0.0227. The van der Waals surface area contributed by atoms with Gasteiger partial charge in [-0.25, -0.2) is 0 Å². The monoisotopic (exact) mass is 466 g/mol. The number of halogens is 1. The molecule has 1 aliphatic heterocycles. The molecule has 1 unspecified atom stereocenters. The molecule has 0 aromatic heterocycles. The van der Waals surface area contributed by atoms with Gasteiger partial charge in [0, 0.05) is 28.7 Å². The Labute approximate surface area is 196 Å². The van der Waals surface area contributed by atoms with Crippen LogP contribution in [0.15, 0.2) is 77.7 Å². The number of para-hydroxylation sites is 1. The molecule has 164 valence electrons. The molecule has 2 amide bonds. The van der Waals surface area contributed by atoms with Gasteiger partial charge in [0.1, 0.15) is 0 Å². The molecular formula is C25H23ClN2O3S. The third-order valence-electron chi connectivity index (χ3n) is 5.38. The third kappa shape index (κ3) is 5.15. The maximum atomic E-state index is 12.8. The van der Waals surface area contributed by atoms with Gasteiger partial charge in [-0.1, -0.05) is 54.1 Å². The molecule has 0 saturated heterocycles. The second kappa shape index (κ2) is 10.2. The van der Waals surface area contributed by atoms with Crippen LogP contribution in [-0.2, 0) is 11.2 Å². The topological polar surface area (TPSA) is 69.6 Å². The lowest BCUT2D eigenvalue weighted by Gasteiger charge is -2.18. The zero-order valence-corrected chi connectivity index (χ0v) is 18.9. The predicted octanol–water partition coefficient (Wildman–Crippen LogP) is 4.48. The highest BCUT2D eigenvalue weighted by molar-refractivity contribution is 8.00. The molecule has 0 spiro atoms. The third-order valence-corrected chi connectivity index (χ3v) is 6.69. The molecule has 3 aromatic rings. The van der Waals surface area contributed by atoms with Crippen molar-refractivity contribution in [3.8, 4) is 0 Å². The van der Waals surface area contributed by atoms with E-state index in [1.807, 2.05) is 41.3 Å². The lowest BCUT2D eigenvalue weighted by atomic mass is 10.1. The molecule has 5 nitrogen and oxygen atoms in total. The van der Waals surface area contributed by atoms with Gasteiger partial charge in [0.2, 0.25) is 5.91 Å². The number of carbonyl (C=O) groups excluding carboxylic acids is 2. The smallest absolute Gasteiger partial charge is 0.252 e. The summed E-state index contributed by atoms with van der Waals surface area (Å²) >= 11 is 7.23. The van der Waals surface area contributed by atoms with E-state index < -0.39 is 6.10 Å². The lowest BCUT2D eigenvalue weighted by molar-refractivity contribution is -0.116. The zero-order valence-electron chi connectivity index (χ0n) is 17.3. The van der Waals surface area contributed by atoms with Crippen LogP contribution >= 0.6 is 23.4 Å². The number of aliphatic hydroxyl groups excluding tert-OH is 1. The summed E-state index contributed by atoms with van der Waals surface area (Å²) in [7, 11) is 0. The van der Waals surface area contributed by atoms with Gasteiger partial charge in [-0.05, 0) is 47.9 Å². The van der Waals surface area contributed by atoms with Gasteiger partial charge in [-0.2, -0.15) is 0 Å². The van der Waals surface area contributed by atoms with Crippen molar-refractivity contribution in [1.29, 1.82) is 0 Å². The fourth-order valence-corrected chi connectivity index (χ4v) is 4.73. The first-order chi connectivity index (χ1) is 15.5. The number of benzene rings is 3. The molecule has 0 aliphatic carbocycles. The number of nitrogens with zero attached hydrogens (tertiary/aromatic N) is 1. The molecule has 0 bridgehead atoms. The number of carbonyl (C=O) groups is 2. The Hall–Kier alpha value is -2.80. The number of hydrogen-bond donors (Lipinski definition) is 2. The number of aliphatic hydroxyl groups is 1. The molecule has 1 aliphatic rings. The molecule has 2 N–H and O–H groups in total. The van der Waals surface area contributed by atoms with Crippen molar-refractivity contribution < 1.29 is 14.7 Å². The second-order valence-electron chi connectivity index (χ2n) is 7.49. The number of amides is 2. The second-order valence-corrected chi connectivity index (χ2v) is 8.94. The van der Waals surface area contributed by atoms with Crippen LogP contribution in [0.1, 0.15) is 27.6 Å². The number of hydrogen-bond acceptors (Lipinski definition) is 4. The van der Waals surface area contributed by atoms with Gasteiger partial charge in [0.15, 0.2) is 0 Å². The van der Waals surface area contributed by atoms with Crippen molar-refractivity contribution in [2.75, 3.05) is 23.7 Å². The Morgan fingerprint density at radius 2 is 1.75 bits per heavy atom. The Morgan fingerprint density at radius 1 is 1.03 bits per heavy atom. The summed E-state index contributed by atoms with van der Waals surface area (Å²) in [6.45, 7) is 0.756. The molecule has 0 fully saturated rings. The van der Waals surface area contributed by atoms with Gasteiger partial charge in [0.05, 0.1) is 17.4 Å². The van der Waals surface area contributed by atoms with Crippen molar-refractivity contribution in [1.82, 2.24) is 5.32 Å². The number of rotatable bonds is 7. The lowest BCUT2D eigenvalue weighted by Crippen LogP contribution is -2.31. The van der Waals surface area contributed by atoms with Crippen LogP contribution in [0.3, 0.4) is 0 Å². The van der Waals surface area contributed by atoms with Crippen molar-refractivity contribution in [3.05, 3.63) is 94.5 Å². The Bertz CT molecular complexity index is 1120. The van der Waals surface area contributed by atoms with Crippen molar-refractivity contribution in [3.63, 3.8) is 0 Å². The van der Waals surface area contributed by atoms with Crippen LogP contribution in [0.2, 0.25) is 5.02 Å². The summed E-state index contributed by atoms with van der Waals surface area (Å²) in [5.74, 6) is -0.0279. The van der Waals surface area contributed by atoms with Crippen LogP contribution in [0.4, 0.5) is 5.69 Å². The molecule has 32 heavy (non-hydrogen) atoms. The van der Waals surface area contributed by atoms with Crippen molar-refractivity contribution in [2.45, 2.75) is 17.4 Å². The molecule has 7 heteroatoms. The first-order valence-electron chi connectivity index (χ1n) is 10.3. The average Bonchev–Trinajstić information content (AvgIpc) is 3.26. The molecule has 0 radical (unpaired) electrons. The predicted molar refractivity (Wildman–Crippen MR) is 128 cm³/mol. The fraction of sp³-hybridized carbons (Fsp3) is 0.200. The average molecular weight is 467 g/mol. The summed E-state index contributed by atoms with van der Waals surface area (Å²) in [6, 6.07) is 22.0. The quantitative estimate of drug-likeness (QED) is 0.503. The Morgan fingerprint density at radius 3 is 2.56 bits per heavy atom. The fourth-order valence-electron chi connectivity index (χ4n) is 3.68. The highest BCUT2D eigenvalue weighted by atomic mass is 35.5. The van der Waals surface area contributed by atoms with Crippen LogP contribution in [-0.4, -0.2) is 35.8 Å². The first-order valence-corrected chi connectivity index (χ1v) is 11.7. The van der Waals surface area contributed by atoms with E-state index in [-0.39, 0.29) is 24.1 Å². The maximum absolute atomic E-state index is 12.8. The summed E-state index contributed by atoms with van der Waals surface area (Å²) in [5, 5.41) is 13.7. The van der Waals surface area contributed by atoms with Crippen molar-refractivity contribution in [2.24, 2.45) is 0 Å². The van der Waals surface area contributed by atoms with E-state index in [1.165, 1.54) is 17.3 Å². The maximum Gasteiger partial charge on any atom is 0.252 e. The number of thioether (sulfide) groups is 1. The van der Waals surface area contributed by atoms with Gasteiger partial charge < -0.3 is 15.3 Å². The molecule has 0 saturated carbocycles. The minimum absolute atomic E-state index is 0.0216. The zero-order chi connectivity index (χ0) is 22.5. The largest absolute Gasteiger partial charge is 0.387 e. The number of fused-ring (bicyclic) bond motifs is 1. The highest BCUT2D eigenvalue weighted by Gasteiger charge is 2.24. The standard InChI is InChI=1S/C25H23ClN2O3S/c26-19-11-9-18(10-12-19)22(29)15-27-25(31)20-6-2-4-8-23(20)32-16-24(30)28-14-13-17-5-1-3-7-21(17)28/h1-12,22,29H,13-16H2,(H,27,31). The van der Waals surface area contributed by atoms with Crippen LogP contribution in [0, 0.1) is 0 Å². The van der Waals surface area contributed by atoms with Crippen LogP contribution < -0.4 is 10.2 Å². The van der Waals surface area contributed by atoms with E-state index in [4.69, 9.17) is 11.6 Å². The highest BCUT2D eigenvalue weighted by Crippen LogP contribution is 2.29. The van der Waals surface area contributed by atoms with E-state index in [0.717, 1.165) is 17.0 Å². The molecule has 3 aromatic carbocycles. The van der Waals surface area contributed by atoms with Crippen LogP contribution in [0.25, 0.3) is 0 Å². The van der Waals surface area contributed by atoms with Gasteiger partial charge >= 0.3 is 0 Å². The van der Waals surface area contributed by atoms with Gasteiger partial charge in [-0.15, -0.1) is 11.8 Å². The minimum atomic E-state index is -0.840. The van der Waals surface area contributed by atoms with E-state index >= 15 is 0 Å².